The molecule has 0 saturated carbocycles. The van der Waals surface area contributed by atoms with Crippen molar-refractivity contribution in [3.63, 3.8) is 0 Å². The molecule has 0 fully saturated rings. The molecule has 2 aromatic heterocycles. The van der Waals surface area contributed by atoms with Gasteiger partial charge >= 0.3 is 6.18 Å². The molecule has 110 valence electrons. The Hall–Kier alpha value is -1.61. The molecule has 2 rings (SSSR count). The van der Waals surface area contributed by atoms with E-state index in [1.165, 1.54) is 11.3 Å². The Labute approximate surface area is 116 Å². The van der Waals surface area contributed by atoms with Crippen molar-refractivity contribution in [1.82, 2.24) is 9.97 Å². The smallest absolute Gasteiger partial charge is 0.382 e. The molecule has 2 heterocycles. The van der Waals surface area contributed by atoms with Crippen molar-refractivity contribution in [3.05, 3.63) is 10.9 Å². The molecule has 1 atom stereocenters. The van der Waals surface area contributed by atoms with Crippen LogP contribution in [-0.4, -0.2) is 33.9 Å². The first kappa shape index (κ1) is 14.8. The maximum Gasteiger partial charge on any atom is 0.416 e. The monoisotopic (exact) mass is 306 g/mol. The number of nitrogen functional groups attached to an aromatic ring is 1. The van der Waals surface area contributed by atoms with Crippen LogP contribution in [0.4, 0.5) is 24.9 Å². The van der Waals surface area contributed by atoms with Crippen molar-refractivity contribution in [1.29, 1.82) is 0 Å². The number of halogens is 3. The van der Waals surface area contributed by atoms with E-state index in [1.807, 2.05) is 13.0 Å². The van der Waals surface area contributed by atoms with Gasteiger partial charge in [-0.15, -0.1) is 11.3 Å². The summed E-state index contributed by atoms with van der Waals surface area (Å²) in [5, 5.41) is 12.1. The SMILES string of the molecule is CCc1cc2c(NCC(O)C(F)(F)F)nc(N)nc2s1. The third-order valence-corrected chi connectivity index (χ3v) is 3.82. The van der Waals surface area contributed by atoms with Crippen molar-refractivity contribution in [2.75, 3.05) is 17.6 Å². The molecule has 20 heavy (non-hydrogen) atoms. The van der Waals surface area contributed by atoms with E-state index in [2.05, 4.69) is 15.3 Å². The summed E-state index contributed by atoms with van der Waals surface area (Å²) in [6.07, 6.45) is -6.35. The number of aliphatic hydroxyl groups is 1. The van der Waals surface area contributed by atoms with E-state index in [-0.39, 0.29) is 11.8 Å². The summed E-state index contributed by atoms with van der Waals surface area (Å²) in [4.78, 5) is 9.56. The Kier molecular flexibility index (Phi) is 4.00. The van der Waals surface area contributed by atoms with Crippen LogP contribution in [0.1, 0.15) is 11.8 Å². The molecule has 0 aromatic carbocycles. The van der Waals surface area contributed by atoms with Crippen molar-refractivity contribution < 1.29 is 18.3 Å². The van der Waals surface area contributed by atoms with Gasteiger partial charge in [-0.1, -0.05) is 6.92 Å². The lowest BCUT2D eigenvalue weighted by Gasteiger charge is -2.15. The first-order chi connectivity index (χ1) is 9.31. The number of fused-ring (bicyclic) bond motifs is 1. The summed E-state index contributed by atoms with van der Waals surface area (Å²) in [5.41, 5.74) is 5.53. The number of alkyl halides is 3. The lowest BCUT2D eigenvalue weighted by atomic mass is 10.3. The number of hydrogen-bond donors (Lipinski definition) is 3. The van der Waals surface area contributed by atoms with Gasteiger partial charge in [0.1, 0.15) is 10.6 Å². The van der Waals surface area contributed by atoms with E-state index in [0.29, 0.717) is 10.2 Å². The highest BCUT2D eigenvalue weighted by molar-refractivity contribution is 7.18. The molecule has 0 spiro atoms. The summed E-state index contributed by atoms with van der Waals surface area (Å²) >= 11 is 1.41. The number of thiophene rings is 1. The number of anilines is 2. The Morgan fingerprint density at radius 3 is 2.75 bits per heavy atom. The normalized spacial score (nSPS) is 13.7. The van der Waals surface area contributed by atoms with Gasteiger partial charge in [0.25, 0.3) is 0 Å². The molecule has 4 N–H and O–H groups in total. The highest BCUT2D eigenvalue weighted by atomic mass is 32.1. The van der Waals surface area contributed by atoms with Crippen LogP contribution < -0.4 is 11.1 Å². The molecule has 5 nitrogen and oxygen atoms in total. The number of nitrogens with zero attached hydrogens (tertiary/aromatic N) is 2. The lowest BCUT2D eigenvalue weighted by Crippen LogP contribution is -2.35. The Bertz CT molecular complexity index is 613. The topological polar surface area (TPSA) is 84.1 Å². The standard InChI is InChI=1S/C11H13F3N4OS/c1-2-5-3-6-8(16-4-7(19)11(12,13)14)17-10(15)18-9(6)20-5/h3,7,19H,2,4H2,1H3,(H3,15,16,17,18). The van der Waals surface area contributed by atoms with Gasteiger partial charge in [0.2, 0.25) is 5.95 Å². The highest BCUT2D eigenvalue weighted by Gasteiger charge is 2.38. The quantitative estimate of drug-likeness (QED) is 0.806. The van der Waals surface area contributed by atoms with Crippen LogP contribution in [0.25, 0.3) is 10.2 Å². The van der Waals surface area contributed by atoms with Gasteiger partial charge in [0.15, 0.2) is 6.10 Å². The fourth-order valence-corrected chi connectivity index (χ4v) is 2.58. The number of aryl methyl sites for hydroxylation is 1. The minimum atomic E-state index is -4.67. The van der Waals surface area contributed by atoms with Crippen LogP contribution in [0, 0.1) is 0 Å². The van der Waals surface area contributed by atoms with E-state index >= 15 is 0 Å². The van der Waals surface area contributed by atoms with Gasteiger partial charge in [-0.05, 0) is 12.5 Å². The van der Waals surface area contributed by atoms with E-state index in [4.69, 9.17) is 10.8 Å². The van der Waals surface area contributed by atoms with Crippen LogP contribution in [0.5, 0.6) is 0 Å². The van der Waals surface area contributed by atoms with Crippen molar-refractivity contribution in [2.45, 2.75) is 25.6 Å². The molecule has 0 radical (unpaired) electrons. The first-order valence-electron chi connectivity index (χ1n) is 5.85. The molecule has 2 aromatic rings. The predicted octanol–water partition coefficient (Wildman–Crippen LogP) is 2.17. The Morgan fingerprint density at radius 1 is 1.45 bits per heavy atom. The molecule has 0 bridgehead atoms. The van der Waals surface area contributed by atoms with Gasteiger partial charge in [0.05, 0.1) is 11.9 Å². The van der Waals surface area contributed by atoms with E-state index in [9.17, 15) is 13.2 Å². The van der Waals surface area contributed by atoms with Gasteiger partial charge in [-0.25, -0.2) is 4.98 Å². The van der Waals surface area contributed by atoms with Crippen molar-refractivity contribution in [3.8, 4) is 0 Å². The van der Waals surface area contributed by atoms with E-state index < -0.39 is 18.8 Å². The second kappa shape index (κ2) is 5.41. The zero-order valence-corrected chi connectivity index (χ0v) is 11.3. The number of hydrogen-bond acceptors (Lipinski definition) is 6. The van der Waals surface area contributed by atoms with Gasteiger partial charge in [-0.3, -0.25) is 0 Å². The largest absolute Gasteiger partial charge is 0.416 e. The summed E-state index contributed by atoms with van der Waals surface area (Å²) in [5.74, 6) is 0.178. The fourth-order valence-electron chi connectivity index (χ4n) is 1.61. The minimum Gasteiger partial charge on any atom is -0.382 e. The Balaban J connectivity index is 2.27. The zero-order valence-electron chi connectivity index (χ0n) is 10.5. The summed E-state index contributed by atoms with van der Waals surface area (Å²) in [6, 6.07) is 1.81. The number of aliphatic hydroxyl groups excluding tert-OH is 1. The number of nitrogens with one attached hydrogen (secondary N) is 1. The minimum absolute atomic E-state index is 0.0222. The molecule has 0 aliphatic heterocycles. The summed E-state index contributed by atoms with van der Waals surface area (Å²) in [6.45, 7) is 1.27. The van der Waals surface area contributed by atoms with Crippen molar-refractivity contribution in [2.24, 2.45) is 0 Å². The maximum atomic E-state index is 12.3. The van der Waals surface area contributed by atoms with E-state index in [1.54, 1.807) is 0 Å². The van der Waals surface area contributed by atoms with Gasteiger partial charge in [0, 0.05) is 4.88 Å². The molecule has 0 amide bonds. The maximum absolute atomic E-state index is 12.3. The first-order valence-corrected chi connectivity index (χ1v) is 6.67. The van der Waals surface area contributed by atoms with Gasteiger partial charge < -0.3 is 16.2 Å². The molecule has 0 saturated heterocycles. The van der Waals surface area contributed by atoms with E-state index in [0.717, 1.165) is 11.3 Å². The highest BCUT2D eigenvalue weighted by Crippen LogP contribution is 2.30. The molecule has 0 aliphatic rings. The molecule has 0 aliphatic carbocycles. The number of aromatic nitrogens is 2. The third-order valence-electron chi connectivity index (χ3n) is 2.65. The van der Waals surface area contributed by atoms with Crippen LogP contribution in [0.2, 0.25) is 0 Å². The average Bonchev–Trinajstić information content (AvgIpc) is 2.77. The molecule has 9 heteroatoms. The molecule has 1 unspecified atom stereocenters. The van der Waals surface area contributed by atoms with Crippen LogP contribution >= 0.6 is 11.3 Å². The van der Waals surface area contributed by atoms with Crippen LogP contribution in [0.15, 0.2) is 6.07 Å². The average molecular weight is 306 g/mol. The van der Waals surface area contributed by atoms with Crippen molar-refractivity contribution >= 4 is 33.3 Å². The third kappa shape index (κ3) is 3.10. The number of rotatable bonds is 4. The fraction of sp³-hybridized carbons (Fsp3) is 0.455. The second-order valence-electron chi connectivity index (χ2n) is 4.15. The van der Waals surface area contributed by atoms with Gasteiger partial charge in [-0.2, -0.15) is 18.2 Å². The van der Waals surface area contributed by atoms with Crippen LogP contribution in [-0.2, 0) is 6.42 Å². The zero-order chi connectivity index (χ0) is 14.9. The summed E-state index contributed by atoms with van der Waals surface area (Å²) in [7, 11) is 0. The summed E-state index contributed by atoms with van der Waals surface area (Å²) < 4.78 is 36.8. The second-order valence-corrected chi connectivity index (χ2v) is 5.27. The predicted molar refractivity (Wildman–Crippen MR) is 71.8 cm³/mol. The number of nitrogens with two attached hydrogens (primary N) is 1. The van der Waals surface area contributed by atoms with Crippen LogP contribution in [0.3, 0.4) is 0 Å². The molecular formula is C11H13F3N4OS. The molecular weight excluding hydrogens is 293 g/mol. The lowest BCUT2D eigenvalue weighted by molar-refractivity contribution is -0.198. The Morgan fingerprint density at radius 2 is 2.15 bits per heavy atom.